The molecule has 1 aromatic heterocycles. The van der Waals surface area contributed by atoms with Crippen molar-refractivity contribution >= 4 is 11.0 Å². The molecule has 0 aliphatic rings. The summed E-state index contributed by atoms with van der Waals surface area (Å²) in [6.45, 7) is 5.56. The number of para-hydroxylation sites is 2. The van der Waals surface area contributed by atoms with Gasteiger partial charge in [0, 0.05) is 25.7 Å². The Labute approximate surface area is 118 Å². The van der Waals surface area contributed by atoms with Crippen LogP contribution in [0.4, 0.5) is 0 Å². The standard InChI is InChI=1S/C15H21N3O2/c1-11(2)18(8-5-9-19)10-14-15(20)17-13-7-4-3-6-12(13)16-14/h3-4,6-7,11,19H,5,8-10H2,1-2H3,(H,17,20). The lowest BCUT2D eigenvalue weighted by atomic mass is 10.2. The average Bonchev–Trinajstić information content (AvgIpc) is 2.43. The third-order valence-corrected chi connectivity index (χ3v) is 3.36. The van der Waals surface area contributed by atoms with Gasteiger partial charge < -0.3 is 10.1 Å². The quantitative estimate of drug-likeness (QED) is 0.838. The van der Waals surface area contributed by atoms with Gasteiger partial charge in [-0.15, -0.1) is 0 Å². The van der Waals surface area contributed by atoms with Crippen LogP contribution >= 0.6 is 0 Å². The molecule has 0 aliphatic heterocycles. The minimum Gasteiger partial charge on any atom is -0.396 e. The molecule has 108 valence electrons. The summed E-state index contributed by atoms with van der Waals surface area (Å²) in [7, 11) is 0. The predicted octanol–water partition coefficient (Wildman–Crippen LogP) is 1.52. The van der Waals surface area contributed by atoms with Gasteiger partial charge in [0.15, 0.2) is 0 Å². The number of fused-ring (bicyclic) bond motifs is 1. The van der Waals surface area contributed by atoms with E-state index in [9.17, 15) is 4.79 Å². The summed E-state index contributed by atoms with van der Waals surface area (Å²) >= 11 is 0. The number of aromatic nitrogens is 2. The van der Waals surface area contributed by atoms with Crippen LogP contribution in [0.15, 0.2) is 29.1 Å². The summed E-state index contributed by atoms with van der Waals surface area (Å²) in [4.78, 5) is 21.5. The van der Waals surface area contributed by atoms with Crippen molar-refractivity contribution in [2.45, 2.75) is 32.9 Å². The van der Waals surface area contributed by atoms with Gasteiger partial charge in [-0.1, -0.05) is 12.1 Å². The highest BCUT2D eigenvalue weighted by Gasteiger charge is 2.13. The Bertz CT molecular complexity index is 622. The van der Waals surface area contributed by atoms with Crippen molar-refractivity contribution in [1.29, 1.82) is 0 Å². The zero-order valence-corrected chi connectivity index (χ0v) is 12.0. The Balaban J connectivity index is 2.27. The summed E-state index contributed by atoms with van der Waals surface area (Å²) in [5.41, 5.74) is 1.94. The van der Waals surface area contributed by atoms with Gasteiger partial charge in [0.2, 0.25) is 0 Å². The molecule has 2 aromatic rings. The van der Waals surface area contributed by atoms with E-state index < -0.39 is 0 Å². The molecule has 0 unspecified atom stereocenters. The Kier molecular flexibility index (Phi) is 4.87. The Hall–Kier alpha value is -1.72. The van der Waals surface area contributed by atoms with Gasteiger partial charge in [-0.2, -0.15) is 0 Å². The number of hydrogen-bond acceptors (Lipinski definition) is 4. The fourth-order valence-corrected chi connectivity index (χ4v) is 2.16. The lowest BCUT2D eigenvalue weighted by Gasteiger charge is -2.25. The Morgan fingerprint density at radius 2 is 2.10 bits per heavy atom. The highest BCUT2D eigenvalue weighted by atomic mass is 16.3. The second-order valence-electron chi connectivity index (χ2n) is 5.17. The van der Waals surface area contributed by atoms with E-state index in [-0.39, 0.29) is 12.2 Å². The maximum atomic E-state index is 12.1. The smallest absolute Gasteiger partial charge is 0.271 e. The fourth-order valence-electron chi connectivity index (χ4n) is 2.16. The monoisotopic (exact) mass is 275 g/mol. The molecule has 0 fully saturated rings. The van der Waals surface area contributed by atoms with Crippen molar-refractivity contribution < 1.29 is 5.11 Å². The molecule has 0 spiro atoms. The molecule has 0 bridgehead atoms. The van der Waals surface area contributed by atoms with E-state index in [0.717, 1.165) is 17.6 Å². The van der Waals surface area contributed by atoms with Gasteiger partial charge >= 0.3 is 0 Å². The van der Waals surface area contributed by atoms with Gasteiger partial charge in [-0.25, -0.2) is 4.98 Å². The minimum absolute atomic E-state index is 0.140. The average molecular weight is 275 g/mol. The maximum Gasteiger partial charge on any atom is 0.271 e. The van der Waals surface area contributed by atoms with E-state index in [2.05, 4.69) is 28.7 Å². The molecule has 2 N–H and O–H groups in total. The normalized spacial score (nSPS) is 11.7. The van der Waals surface area contributed by atoms with Gasteiger partial charge in [0.1, 0.15) is 5.69 Å². The summed E-state index contributed by atoms with van der Waals surface area (Å²) in [6, 6.07) is 7.82. The number of nitrogens with one attached hydrogen (secondary N) is 1. The number of aliphatic hydroxyl groups excluding tert-OH is 1. The van der Waals surface area contributed by atoms with Gasteiger partial charge in [0.05, 0.1) is 11.0 Å². The lowest BCUT2D eigenvalue weighted by Crippen LogP contribution is -2.34. The van der Waals surface area contributed by atoms with Crippen LogP contribution in [0.25, 0.3) is 11.0 Å². The van der Waals surface area contributed by atoms with Crippen molar-refractivity contribution in [3.8, 4) is 0 Å². The second-order valence-corrected chi connectivity index (χ2v) is 5.17. The summed E-state index contributed by atoms with van der Waals surface area (Å²) < 4.78 is 0. The molecule has 0 amide bonds. The number of aromatic amines is 1. The van der Waals surface area contributed by atoms with E-state index in [1.807, 2.05) is 24.3 Å². The molecular weight excluding hydrogens is 254 g/mol. The first kappa shape index (κ1) is 14.7. The minimum atomic E-state index is -0.140. The lowest BCUT2D eigenvalue weighted by molar-refractivity contribution is 0.182. The number of hydrogen-bond donors (Lipinski definition) is 2. The van der Waals surface area contributed by atoms with E-state index in [0.29, 0.717) is 24.7 Å². The molecule has 0 aliphatic carbocycles. The van der Waals surface area contributed by atoms with Crippen LogP contribution in [-0.2, 0) is 6.54 Å². The van der Waals surface area contributed by atoms with Gasteiger partial charge in [-0.05, 0) is 32.4 Å². The SMILES string of the molecule is CC(C)N(CCCO)Cc1nc2ccccc2[nH]c1=O. The molecule has 1 heterocycles. The van der Waals surface area contributed by atoms with Crippen LogP contribution < -0.4 is 5.56 Å². The number of nitrogens with zero attached hydrogens (tertiary/aromatic N) is 2. The molecule has 0 atom stereocenters. The molecular formula is C15H21N3O2. The predicted molar refractivity (Wildman–Crippen MR) is 79.6 cm³/mol. The van der Waals surface area contributed by atoms with Crippen LogP contribution in [0, 0.1) is 0 Å². The fraction of sp³-hybridized carbons (Fsp3) is 0.467. The summed E-state index contributed by atoms with van der Waals surface area (Å²) in [6.07, 6.45) is 0.698. The van der Waals surface area contributed by atoms with Crippen molar-refractivity contribution in [2.24, 2.45) is 0 Å². The molecule has 1 aromatic carbocycles. The molecule has 5 heteroatoms. The first-order valence-electron chi connectivity index (χ1n) is 6.94. The number of rotatable bonds is 6. The molecule has 2 rings (SSSR count). The van der Waals surface area contributed by atoms with Crippen LogP contribution in [0.5, 0.6) is 0 Å². The number of benzene rings is 1. The van der Waals surface area contributed by atoms with Crippen LogP contribution in [0.1, 0.15) is 26.0 Å². The zero-order valence-electron chi connectivity index (χ0n) is 12.0. The largest absolute Gasteiger partial charge is 0.396 e. The van der Waals surface area contributed by atoms with E-state index >= 15 is 0 Å². The Morgan fingerprint density at radius 1 is 1.35 bits per heavy atom. The van der Waals surface area contributed by atoms with Crippen molar-refractivity contribution in [1.82, 2.24) is 14.9 Å². The molecule has 0 saturated carbocycles. The Morgan fingerprint density at radius 3 is 2.80 bits per heavy atom. The number of aliphatic hydroxyl groups is 1. The second kappa shape index (κ2) is 6.63. The third-order valence-electron chi connectivity index (χ3n) is 3.36. The van der Waals surface area contributed by atoms with E-state index in [1.54, 1.807) is 0 Å². The van der Waals surface area contributed by atoms with Crippen LogP contribution in [0.2, 0.25) is 0 Å². The van der Waals surface area contributed by atoms with Gasteiger partial charge in [0.25, 0.3) is 5.56 Å². The zero-order chi connectivity index (χ0) is 14.5. The van der Waals surface area contributed by atoms with E-state index in [4.69, 9.17) is 5.11 Å². The van der Waals surface area contributed by atoms with Gasteiger partial charge in [-0.3, -0.25) is 9.69 Å². The van der Waals surface area contributed by atoms with Crippen molar-refractivity contribution in [3.63, 3.8) is 0 Å². The first-order chi connectivity index (χ1) is 9.61. The van der Waals surface area contributed by atoms with Crippen LogP contribution in [-0.4, -0.2) is 39.2 Å². The highest BCUT2D eigenvalue weighted by molar-refractivity contribution is 5.73. The molecule has 5 nitrogen and oxygen atoms in total. The topological polar surface area (TPSA) is 69.2 Å². The van der Waals surface area contributed by atoms with Crippen LogP contribution in [0.3, 0.4) is 0 Å². The number of H-pyrrole nitrogens is 1. The van der Waals surface area contributed by atoms with Crippen molar-refractivity contribution in [3.05, 3.63) is 40.3 Å². The molecule has 20 heavy (non-hydrogen) atoms. The van der Waals surface area contributed by atoms with E-state index in [1.165, 1.54) is 0 Å². The summed E-state index contributed by atoms with van der Waals surface area (Å²) in [5.74, 6) is 0. The first-order valence-corrected chi connectivity index (χ1v) is 6.94. The maximum absolute atomic E-state index is 12.1. The van der Waals surface area contributed by atoms with Crippen molar-refractivity contribution in [2.75, 3.05) is 13.2 Å². The highest BCUT2D eigenvalue weighted by Crippen LogP contribution is 2.09. The summed E-state index contributed by atoms with van der Waals surface area (Å²) in [5, 5.41) is 8.95. The molecule has 0 saturated heterocycles. The third kappa shape index (κ3) is 3.43. The molecule has 0 radical (unpaired) electrons.